The fourth-order valence-corrected chi connectivity index (χ4v) is 5.36. The molecule has 1 aromatic carbocycles. The van der Waals surface area contributed by atoms with Gasteiger partial charge in [0.05, 0.1) is 6.54 Å². The zero-order chi connectivity index (χ0) is 24.0. The molecule has 7 heteroatoms. The summed E-state index contributed by atoms with van der Waals surface area (Å²) in [5, 5.41) is 4.54. The van der Waals surface area contributed by atoms with Crippen LogP contribution in [-0.4, -0.2) is 64.2 Å². The number of fused-ring (bicyclic) bond motifs is 1. The van der Waals surface area contributed by atoms with Gasteiger partial charge in [-0.3, -0.25) is 14.3 Å². The van der Waals surface area contributed by atoms with Gasteiger partial charge in [-0.15, -0.1) is 0 Å². The summed E-state index contributed by atoms with van der Waals surface area (Å²) in [5.41, 5.74) is 1.75. The number of nitrogens with zero attached hydrogens (tertiary/aromatic N) is 4. The van der Waals surface area contributed by atoms with Gasteiger partial charge in [-0.1, -0.05) is 31.5 Å². The lowest BCUT2D eigenvalue weighted by Gasteiger charge is -2.44. The fourth-order valence-electron chi connectivity index (χ4n) is 5.36. The van der Waals surface area contributed by atoms with Crippen LogP contribution in [0.25, 0.3) is 0 Å². The normalized spacial score (nSPS) is 19.0. The van der Waals surface area contributed by atoms with Gasteiger partial charge in [0.25, 0.3) is 5.91 Å². The third-order valence-corrected chi connectivity index (χ3v) is 7.39. The number of ether oxygens (including phenoxy) is 1. The Hall–Kier alpha value is -2.83. The van der Waals surface area contributed by atoms with Gasteiger partial charge in [-0.25, -0.2) is 0 Å². The Morgan fingerprint density at radius 1 is 1.03 bits per heavy atom. The van der Waals surface area contributed by atoms with Crippen molar-refractivity contribution in [2.24, 2.45) is 5.41 Å². The summed E-state index contributed by atoms with van der Waals surface area (Å²) in [6.45, 7) is 7.74. The van der Waals surface area contributed by atoms with Crippen molar-refractivity contribution >= 4 is 11.8 Å². The molecule has 0 atom stereocenters. The maximum atomic E-state index is 13.6. The van der Waals surface area contributed by atoms with E-state index in [1.54, 1.807) is 6.92 Å². The van der Waals surface area contributed by atoms with E-state index in [1.165, 1.54) is 5.56 Å². The van der Waals surface area contributed by atoms with Crippen molar-refractivity contribution in [3.8, 4) is 5.75 Å². The van der Waals surface area contributed by atoms with Crippen LogP contribution in [0.4, 0.5) is 0 Å². The number of likely N-dealkylation sites (tertiary alicyclic amines) is 1. The lowest BCUT2D eigenvalue weighted by molar-refractivity contribution is -0.131. The molecule has 3 heterocycles. The first kappa shape index (κ1) is 24.3. The van der Waals surface area contributed by atoms with Crippen LogP contribution in [0.2, 0.25) is 0 Å². The van der Waals surface area contributed by atoms with Crippen LogP contribution >= 0.6 is 0 Å². The summed E-state index contributed by atoms with van der Waals surface area (Å²) in [4.78, 5) is 29.4. The summed E-state index contributed by atoms with van der Waals surface area (Å²) in [5.74, 6) is 1.03. The van der Waals surface area contributed by atoms with Crippen molar-refractivity contribution in [3.63, 3.8) is 0 Å². The Bertz CT molecular complexity index is 978. The van der Waals surface area contributed by atoms with Gasteiger partial charge in [-0.05, 0) is 61.6 Å². The number of carbonyl (C=O) groups is 2. The van der Waals surface area contributed by atoms with E-state index in [2.05, 4.69) is 24.2 Å². The average molecular weight is 467 g/mol. The molecule has 4 rings (SSSR count). The van der Waals surface area contributed by atoms with E-state index in [0.29, 0.717) is 25.4 Å². The van der Waals surface area contributed by atoms with E-state index in [9.17, 15) is 9.59 Å². The van der Waals surface area contributed by atoms with Gasteiger partial charge in [0.2, 0.25) is 5.91 Å². The summed E-state index contributed by atoms with van der Waals surface area (Å²) in [7, 11) is 0. The zero-order valence-corrected chi connectivity index (χ0v) is 20.7. The molecule has 184 valence electrons. The Labute approximate surface area is 203 Å². The van der Waals surface area contributed by atoms with Gasteiger partial charge in [0, 0.05) is 39.3 Å². The van der Waals surface area contributed by atoms with Crippen molar-refractivity contribution < 1.29 is 14.3 Å². The second kappa shape index (κ2) is 11.1. The van der Waals surface area contributed by atoms with Crippen LogP contribution in [0.15, 0.2) is 36.5 Å². The summed E-state index contributed by atoms with van der Waals surface area (Å²) in [6.07, 6.45) is 8.98. The molecule has 2 aromatic rings. The van der Waals surface area contributed by atoms with Gasteiger partial charge in [0.1, 0.15) is 18.1 Å². The maximum absolute atomic E-state index is 13.6. The molecule has 2 amide bonds. The summed E-state index contributed by atoms with van der Waals surface area (Å²) < 4.78 is 8.02. The number of aromatic nitrogens is 2. The van der Waals surface area contributed by atoms with Crippen LogP contribution in [0.1, 0.15) is 68.4 Å². The lowest BCUT2D eigenvalue weighted by Crippen LogP contribution is -2.49. The Balaban J connectivity index is 1.57. The third kappa shape index (κ3) is 5.80. The SMILES string of the molecule is CCCn1ccc(C(=O)N2CCOc3ccccc3CCCCC3(CCN(C(C)=O)CC3)C2)n1. The van der Waals surface area contributed by atoms with Crippen LogP contribution in [0.3, 0.4) is 0 Å². The molecule has 1 spiro atoms. The number of hydrogen-bond donors (Lipinski definition) is 0. The van der Waals surface area contributed by atoms with E-state index in [0.717, 1.165) is 70.3 Å². The number of aryl methyl sites for hydroxylation is 2. The average Bonchev–Trinajstić information content (AvgIpc) is 3.30. The molecule has 2 aliphatic heterocycles. The minimum Gasteiger partial charge on any atom is -0.491 e. The van der Waals surface area contributed by atoms with Crippen LogP contribution in [0, 0.1) is 5.41 Å². The topological polar surface area (TPSA) is 67.7 Å². The van der Waals surface area contributed by atoms with E-state index < -0.39 is 0 Å². The fraction of sp³-hybridized carbons (Fsp3) is 0.593. The highest BCUT2D eigenvalue weighted by Crippen LogP contribution is 2.38. The number of amides is 2. The van der Waals surface area contributed by atoms with Gasteiger partial charge < -0.3 is 14.5 Å². The van der Waals surface area contributed by atoms with Crippen LogP contribution in [0.5, 0.6) is 5.75 Å². The van der Waals surface area contributed by atoms with E-state index >= 15 is 0 Å². The van der Waals surface area contributed by atoms with Gasteiger partial charge >= 0.3 is 0 Å². The number of hydrogen-bond acceptors (Lipinski definition) is 4. The predicted octanol–water partition coefficient (Wildman–Crippen LogP) is 4.17. The zero-order valence-electron chi connectivity index (χ0n) is 20.7. The molecule has 0 saturated carbocycles. The molecule has 0 aliphatic carbocycles. The number of carbonyl (C=O) groups excluding carboxylic acids is 2. The highest BCUT2D eigenvalue weighted by atomic mass is 16.5. The molecule has 0 N–H and O–H groups in total. The van der Waals surface area contributed by atoms with E-state index in [4.69, 9.17) is 4.74 Å². The minimum atomic E-state index is -0.0304. The number of benzene rings is 1. The quantitative estimate of drug-likeness (QED) is 0.681. The standard InChI is InChI=1S/C27H38N4O3/c1-3-15-31-16-11-24(28-31)26(33)30-19-20-34-25-10-5-4-8-23(25)9-6-7-12-27(21-30)13-17-29(18-14-27)22(2)32/h4-5,8,10-11,16H,3,6-7,9,12-15,17-21H2,1-2H3. The van der Waals surface area contributed by atoms with Gasteiger partial charge in [0.15, 0.2) is 0 Å². The molecule has 2 aliphatic rings. The lowest BCUT2D eigenvalue weighted by atomic mass is 9.73. The molecule has 0 radical (unpaired) electrons. The summed E-state index contributed by atoms with van der Waals surface area (Å²) in [6, 6.07) is 10.1. The minimum absolute atomic E-state index is 0.0201. The first-order valence-electron chi connectivity index (χ1n) is 12.8. The Morgan fingerprint density at radius 2 is 1.82 bits per heavy atom. The largest absolute Gasteiger partial charge is 0.491 e. The van der Waals surface area contributed by atoms with Gasteiger partial charge in [-0.2, -0.15) is 5.10 Å². The molecular formula is C27H38N4O3. The molecule has 1 saturated heterocycles. The molecule has 7 nitrogen and oxygen atoms in total. The maximum Gasteiger partial charge on any atom is 0.274 e. The molecule has 1 aromatic heterocycles. The molecular weight excluding hydrogens is 428 g/mol. The Kier molecular flexibility index (Phi) is 7.91. The van der Waals surface area contributed by atoms with Crippen molar-refractivity contribution in [2.75, 3.05) is 32.8 Å². The first-order chi connectivity index (χ1) is 16.5. The van der Waals surface area contributed by atoms with E-state index in [-0.39, 0.29) is 17.2 Å². The number of piperidine rings is 1. The van der Waals surface area contributed by atoms with Crippen LogP contribution < -0.4 is 4.74 Å². The second-order valence-corrected chi connectivity index (χ2v) is 9.86. The highest BCUT2D eigenvalue weighted by Gasteiger charge is 2.38. The number of para-hydroxylation sites is 1. The van der Waals surface area contributed by atoms with Crippen molar-refractivity contribution in [1.29, 1.82) is 0 Å². The number of rotatable bonds is 3. The molecule has 0 unspecified atom stereocenters. The highest BCUT2D eigenvalue weighted by molar-refractivity contribution is 5.92. The first-order valence-corrected chi connectivity index (χ1v) is 12.8. The summed E-state index contributed by atoms with van der Waals surface area (Å²) >= 11 is 0. The van der Waals surface area contributed by atoms with Crippen molar-refractivity contribution in [2.45, 2.75) is 65.3 Å². The Morgan fingerprint density at radius 3 is 2.59 bits per heavy atom. The molecule has 0 bridgehead atoms. The monoisotopic (exact) mass is 466 g/mol. The second-order valence-electron chi connectivity index (χ2n) is 9.86. The molecule has 1 fully saturated rings. The van der Waals surface area contributed by atoms with E-state index in [1.807, 2.05) is 38.9 Å². The van der Waals surface area contributed by atoms with Crippen LogP contribution in [-0.2, 0) is 17.8 Å². The van der Waals surface area contributed by atoms with Crippen molar-refractivity contribution in [3.05, 3.63) is 47.8 Å². The third-order valence-electron chi connectivity index (χ3n) is 7.39. The van der Waals surface area contributed by atoms with Crippen molar-refractivity contribution in [1.82, 2.24) is 19.6 Å². The molecule has 34 heavy (non-hydrogen) atoms. The predicted molar refractivity (Wildman–Crippen MR) is 132 cm³/mol. The smallest absolute Gasteiger partial charge is 0.274 e.